The molecule has 1 spiro atoms. The van der Waals surface area contributed by atoms with Crippen molar-refractivity contribution in [1.82, 2.24) is 5.06 Å². The Balaban J connectivity index is 1.73. The van der Waals surface area contributed by atoms with Crippen LogP contribution >= 0.6 is 0 Å². The summed E-state index contributed by atoms with van der Waals surface area (Å²) in [6.45, 7) is 0. The summed E-state index contributed by atoms with van der Waals surface area (Å²) in [4.78, 5) is 17.8. The first kappa shape index (κ1) is 10.8. The third kappa shape index (κ3) is 1.95. The monoisotopic (exact) mass is 231 g/mol. The second kappa shape index (κ2) is 4.15. The number of amides is 1. The molecule has 1 heterocycles. The minimum absolute atomic E-state index is 0.00694. The van der Waals surface area contributed by atoms with Crippen LogP contribution in [0.15, 0.2) is 30.3 Å². The van der Waals surface area contributed by atoms with Gasteiger partial charge in [0, 0.05) is 5.56 Å². The summed E-state index contributed by atoms with van der Waals surface area (Å²) in [7, 11) is 0. The van der Waals surface area contributed by atoms with Crippen LogP contribution in [0.25, 0.3) is 0 Å². The minimum atomic E-state index is -0.260. The van der Waals surface area contributed by atoms with Crippen LogP contribution in [-0.2, 0) is 4.84 Å². The highest BCUT2D eigenvalue weighted by Gasteiger charge is 2.57. The number of hydroxylamine groups is 2. The minimum Gasteiger partial charge on any atom is -0.267 e. The highest BCUT2D eigenvalue weighted by molar-refractivity contribution is 5.94. The van der Waals surface area contributed by atoms with Crippen LogP contribution in [0.5, 0.6) is 0 Å². The molecule has 2 aliphatic rings. The number of carbonyl (C=O) groups is 1. The van der Waals surface area contributed by atoms with Crippen molar-refractivity contribution in [3.05, 3.63) is 35.9 Å². The molecule has 90 valence electrons. The maximum absolute atomic E-state index is 12.2. The maximum atomic E-state index is 12.2. The van der Waals surface area contributed by atoms with E-state index >= 15 is 0 Å². The molecule has 3 rings (SSSR count). The Kier molecular flexibility index (Phi) is 2.63. The van der Waals surface area contributed by atoms with Crippen LogP contribution in [0.2, 0.25) is 0 Å². The zero-order valence-electron chi connectivity index (χ0n) is 9.89. The quantitative estimate of drug-likeness (QED) is 0.696. The second-order valence-electron chi connectivity index (χ2n) is 4.92. The van der Waals surface area contributed by atoms with Gasteiger partial charge in [-0.25, -0.2) is 4.84 Å². The predicted octanol–water partition coefficient (Wildman–Crippen LogP) is 3.12. The Morgan fingerprint density at radius 2 is 1.71 bits per heavy atom. The van der Waals surface area contributed by atoms with Crippen LogP contribution in [0.4, 0.5) is 0 Å². The van der Waals surface area contributed by atoms with Gasteiger partial charge in [-0.2, -0.15) is 5.06 Å². The van der Waals surface area contributed by atoms with Crippen molar-refractivity contribution in [2.24, 2.45) is 0 Å². The van der Waals surface area contributed by atoms with Gasteiger partial charge in [0.15, 0.2) is 5.72 Å². The Bertz CT molecular complexity index is 407. The van der Waals surface area contributed by atoms with Crippen molar-refractivity contribution in [2.75, 3.05) is 0 Å². The normalized spacial score (nSPS) is 22.2. The average molecular weight is 231 g/mol. The fraction of sp³-hybridized carbons (Fsp3) is 0.500. The molecule has 1 saturated carbocycles. The van der Waals surface area contributed by atoms with Gasteiger partial charge in [-0.05, 0) is 37.8 Å². The molecule has 0 N–H and O–H groups in total. The fourth-order valence-electron chi connectivity index (χ4n) is 2.65. The molecule has 3 heteroatoms. The van der Waals surface area contributed by atoms with E-state index in [0.717, 1.165) is 12.8 Å². The van der Waals surface area contributed by atoms with E-state index < -0.39 is 0 Å². The number of benzene rings is 1. The van der Waals surface area contributed by atoms with Crippen LogP contribution in [-0.4, -0.2) is 16.7 Å². The number of hydrogen-bond acceptors (Lipinski definition) is 2. The zero-order chi connectivity index (χ0) is 11.7. The Labute approximate surface area is 101 Å². The smallest absolute Gasteiger partial charge is 0.267 e. The number of hydrogen-bond donors (Lipinski definition) is 0. The van der Waals surface area contributed by atoms with Gasteiger partial charge < -0.3 is 0 Å². The van der Waals surface area contributed by atoms with Crippen LogP contribution in [0.1, 0.15) is 48.9 Å². The van der Waals surface area contributed by atoms with Crippen molar-refractivity contribution >= 4 is 5.91 Å². The summed E-state index contributed by atoms with van der Waals surface area (Å²) >= 11 is 0. The maximum Gasteiger partial charge on any atom is 0.280 e. The van der Waals surface area contributed by atoms with Crippen LogP contribution in [0.3, 0.4) is 0 Å². The lowest BCUT2D eigenvalue weighted by atomic mass is 10.1. The molecule has 1 aliphatic heterocycles. The van der Waals surface area contributed by atoms with Gasteiger partial charge in [0.1, 0.15) is 0 Å². The number of nitrogens with zero attached hydrogens (tertiary/aromatic N) is 1. The molecule has 1 saturated heterocycles. The predicted molar refractivity (Wildman–Crippen MR) is 64.1 cm³/mol. The molecular formula is C14H17NO2. The highest BCUT2D eigenvalue weighted by Crippen LogP contribution is 2.46. The molecule has 1 aromatic rings. The fourth-order valence-corrected chi connectivity index (χ4v) is 2.65. The lowest BCUT2D eigenvalue weighted by molar-refractivity contribution is 0.0712. The van der Waals surface area contributed by atoms with E-state index in [2.05, 4.69) is 0 Å². The summed E-state index contributed by atoms with van der Waals surface area (Å²) in [5.41, 5.74) is 0.456. The van der Waals surface area contributed by atoms with Gasteiger partial charge in [-0.15, -0.1) is 0 Å². The first-order valence-corrected chi connectivity index (χ1v) is 6.41. The van der Waals surface area contributed by atoms with Crippen molar-refractivity contribution in [3.63, 3.8) is 0 Å². The molecule has 3 nitrogen and oxygen atoms in total. The zero-order valence-corrected chi connectivity index (χ0v) is 9.89. The molecule has 0 aromatic heterocycles. The van der Waals surface area contributed by atoms with Gasteiger partial charge in [0.25, 0.3) is 5.91 Å². The Morgan fingerprint density at radius 3 is 2.35 bits per heavy atom. The van der Waals surface area contributed by atoms with Gasteiger partial charge in [-0.3, -0.25) is 4.79 Å². The molecule has 1 aromatic carbocycles. The molecule has 17 heavy (non-hydrogen) atoms. The molecule has 0 unspecified atom stereocenters. The Morgan fingerprint density at radius 1 is 1.06 bits per heavy atom. The molecule has 2 fully saturated rings. The van der Waals surface area contributed by atoms with E-state index in [4.69, 9.17) is 4.84 Å². The van der Waals surface area contributed by atoms with E-state index in [9.17, 15) is 4.79 Å². The first-order valence-electron chi connectivity index (χ1n) is 6.41. The molecule has 0 atom stereocenters. The summed E-state index contributed by atoms with van der Waals surface area (Å²) in [5, 5.41) is 1.59. The van der Waals surface area contributed by atoms with E-state index in [1.807, 2.05) is 30.3 Å². The third-order valence-electron chi connectivity index (χ3n) is 3.69. The van der Waals surface area contributed by atoms with Gasteiger partial charge in [-0.1, -0.05) is 31.0 Å². The number of carbonyl (C=O) groups excluding carboxylic acids is 1. The van der Waals surface area contributed by atoms with Gasteiger partial charge in [0.2, 0.25) is 0 Å². The van der Waals surface area contributed by atoms with E-state index in [1.165, 1.54) is 25.7 Å². The number of rotatable bonds is 1. The summed E-state index contributed by atoms with van der Waals surface area (Å²) in [6, 6.07) is 9.37. The van der Waals surface area contributed by atoms with E-state index in [-0.39, 0.29) is 11.6 Å². The SMILES string of the molecule is O=C(c1ccccc1)N1OC12CCCCCC2. The van der Waals surface area contributed by atoms with Crippen molar-refractivity contribution < 1.29 is 9.63 Å². The van der Waals surface area contributed by atoms with Crippen molar-refractivity contribution in [1.29, 1.82) is 0 Å². The molecule has 0 bridgehead atoms. The van der Waals surface area contributed by atoms with Crippen LogP contribution < -0.4 is 0 Å². The lowest BCUT2D eigenvalue weighted by Crippen LogP contribution is -2.23. The van der Waals surface area contributed by atoms with Crippen molar-refractivity contribution in [3.8, 4) is 0 Å². The summed E-state index contributed by atoms with van der Waals surface area (Å²) in [6.07, 6.45) is 6.84. The lowest BCUT2D eigenvalue weighted by Gasteiger charge is -2.07. The molecule has 0 radical (unpaired) electrons. The molecule has 1 aliphatic carbocycles. The summed E-state index contributed by atoms with van der Waals surface area (Å²) in [5.74, 6) is 0.00694. The standard InChI is InChI=1S/C14H17NO2/c16-13(12-8-4-3-5-9-12)15-14(17-15)10-6-1-2-7-11-14/h3-5,8-9H,1-2,6-7,10-11H2. The van der Waals surface area contributed by atoms with Crippen molar-refractivity contribution in [2.45, 2.75) is 44.2 Å². The largest absolute Gasteiger partial charge is 0.280 e. The highest BCUT2D eigenvalue weighted by atomic mass is 16.9. The third-order valence-corrected chi connectivity index (χ3v) is 3.69. The first-order chi connectivity index (χ1) is 8.32. The topological polar surface area (TPSA) is 32.6 Å². The van der Waals surface area contributed by atoms with Gasteiger partial charge >= 0.3 is 0 Å². The average Bonchev–Trinajstić information content (AvgIpc) is 3.14. The molecular weight excluding hydrogens is 214 g/mol. The second-order valence-corrected chi connectivity index (χ2v) is 4.92. The molecule has 1 amide bonds. The summed E-state index contributed by atoms with van der Waals surface area (Å²) < 4.78 is 0. The Hall–Kier alpha value is -1.35. The van der Waals surface area contributed by atoms with Crippen LogP contribution in [0, 0.1) is 0 Å². The van der Waals surface area contributed by atoms with Gasteiger partial charge in [0.05, 0.1) is 0 Å². The van der Waals surface area contributed by atoms with E-state index in [0.29, 0.717) is 5.56 Å². The van der Waals surface area contributed by atoms with E-state index in [1.54, 1.807) is 5.06 Å².